The first-order valence-electron chi connectivity index (χ1n) is 8.86. The molecule has 2 aromatic carbocycles. The molecule has 0 fully saturated rings. The first kappa shape index (κ1) is 16.3. The van der Waals surface area contributed by atoms with Crippen LogP contribution in [0.2, 0.25) is 0 Å². The molecule has 1 N–H and O–H groups in total. The number of benzene rings is 2. The minimum atomic E-state index is 0.561. The van der Waals surface area contributed by atoms with Crippen LogP contribution in [0, 0.1) is 0 Å². The van der Waals surface area contributed by atoms with Crippen molar-refractivity contribution in [3.63, 3.8) is 0 Å². The number of nitrogens with zero attached hydrogens (tertiary/aromatic N) is 4. The number of para-hydroxylation sites is 1. The largest absolute Gasteiger partial charge is 0.496 e. The summed E-state index contributed by atoms with van der Waals surface area (Å²) in [6, 6.07) is 17.7. The van der Waals surface area contributed by atoms with E-state index in [1.165, 1.54) is 0 Å². The van der Waals surface area contributed by atoms with Crippen LogP contribution in [0.1, 0.15) is 5.56 Å². The predicted molar refractivity (Wildman–Crippen MR) is 105 cm³/mol. The van der Waals surface area contributed by atoms with E-state index >= 15 is 0 Å². The van der Waals surface area contributed by atoms with E-state index in [9.17, 15) is 0 Å². The van der Waals surface area contributed by atoms with Gasteiger partial charge in [0.15, 0.2) is 11.5 Å². The lowest BCUT2D eigenvalue weighted by Gasteiger charge is -2.08. The molecular weight excluding hydrogens is 354 g/mol. The van der Waals surface area contributed by atoms with Gasteiger partial charge in [0.2, 0.25) is 5.89 Å². The average Bonchev–Trinajstić information content (AvgIpc) is 3.46. The van der Waals surface area contributed by atoms with E-state index in [0.29, 0.717) is 24.0 Å². The monoisotopic (exact) mass is 371 g/mol. The number of H-pyrrole nitrogens is 1. The smallest absolute Gasteiger partial charge is 0.226 e. The molecule has 0 spiro atoms. The van der Waals surface area contributed by atoms with E-state index in [4.69, 9.17) is 9.15 Å². The first-order valence-corrected chi connectivity index (χ1v) is 8.86. The Morgan fingerprint density at radius 1 is 1.04 bits per heavy atom. The quantitative estimate of drug-likeness (QED) is 0.502. The van der Waals surface area contributed by atoms with Gasteiger partial charge >= 0.3 is 0 Å². The maximum atomic E-state index is 5.62. The number of nitrogens with one attached hydrogen (secondary N) is 1. The molecule has 0 atom stereocenters. The molecule has 5 aromatic rings. The van der Waals surface area contributed by atoms with Crippen LogP contribution in [0.5, 0.6) is 5.75 Å². The second kappa shape index (κ2) is 6.70. The van der Waals surface area contributed by atoms with Gasteiger partial charge in [-0.1, -0.05) is 36.4 Å². The van der Waals surface area contributed by atoms with Gasteiger partial charge in [0.25, 0.3) is 0 Å². The summed E-state index contributed by atoms with van der Waals surface area (Å²) in [4.78, 5) is 12.5. The zero-order valence-electron chi connectivity index (χ0n) is 15.2. The lowest BCUT2D eigenvalue weighted by Crippen LogP contribution is -2.03. The van der Waals surface area contributed by atoms with Crippen molar-refractivity contribution >= 4 is 11.2 Å². The van der Waals surface area contributed by atoms with Crippen LogP contribution in [0.25, 0.3) is 34.1 Å². The molecule has 3 heterocycles. The molecule has 0 radical (unpaired) electrons. The van der Waals surface area contributed by atoms with Crippen LogP contribution in [0.3, 0.4) is 0 Å². The Morgan fingerprint density at radius 2 is 1.86 bits per heavy atom. The molecule has 0 saturated heterocycles. The van der Waals surface area contributed by atoms with Gasteiger partial charge in [-0.15, -0.1) is 0 Å². The zero-order valence-corrected chi connectivity index (χ0v) is 15.2. The van der Waals surface area contributed by atoms with Gasteiger partial charge in [-0.2, -0.15) is 5.10 Å². The van der Waals surface area contributed by atoms with Crippen molar-refractivity contribution in [2.45, 2.75) is 6.54 Å². The number of aromatic nitrogens is 5. The number of aromatic amines is 1. The van der Waals surface area contributed by atoms with Gasteiger partial charge < -0.3 is 14.1 Å². The molecule has 0 aliphatic heterocycles. The van der Waals surface area contributed by atoms with Gasteiger partial charge in [0, 0.05) is 11.1 Å². The highest BCUT2D eigenvalue weighted by Gasteiger charge is 2.15. The van der Waals surface area contributed by atoms with Crippen molar-refractivity contribution in [3.8, 4) is 28.7 Å². The average molecular weight is 371 g/mol. The van der Waals surface area contributed by atoms with Gasteiger partial charge in [0.1, 0.15) is 23.2 Å². The van der Waals surface area contributed by atoms with Crippen LogP contribution < -0.4 is 4.74 Å². The lowest BCUT2D eigenvalue weighted by atomic mass is 10.2. The van der Waals surface area contributed by atoms with Crippen molar-refractivity contribution in [3.05, 3.63) is 72.6 Å². The van der Waals surface area contributed by atoms with E-state index in [2.05, 4.69) is 20.1 Å². The summed E-state index contributed by atoms with van der Waals surface area (Å²) in [5.41, 5.74) is 4.21. The Hall–Kier alpha value is -3.87. The maximum Gasteiger partial charge on any atom is 0.226 e. The van der Waals surface area contributed by atoms with E-state index in [-0.39, 0.29) is 0 Å². The molecule has 5 rings (SSSR count). The minimum absolute atomic E-state index is 0.561. The number of methoxy groups -OCH3 is 1. The van der Waals surface area contributed by atoms with Crippen molar-refractivity contribution in [2.75, 3.05) is 7.11 Å². The van der Waals surface area contributed by atoms with Crippen molar-refractivity contribution in [1.29, 1.82) is 0 Å². The summed E-state index contributed by atoms with van der Waals surface area (Å²) < 4.78 is 12.9. The lowest BCUT2D eigenvalue weighted by molar-refractivity contribution is 0.407. The Bertz CT molecular complexity index is 1240. The normalized spacial score (nSPS) is 11.2. The van der Waals surface area contributed by atoms with Gasteiger partial charge in [-0.25, -0.2) is 14.6 Å². The van der Waals surface area contributed by atoms with Crippen LogP contribution in [0.4, 0.5) is 0 Å². The molecule has 0 aliphatic carbocycles. The third-order valence-electron chi connectivity index (χ3n) is 4.56. The van der Waals surface area contributed by atoms with Crippen LogP contribution in [-0.2, 0) is 6.54 Å². The molecule has 0 saturated carbocycles. The van der Waals surface area contributed by atoms with Crippen LogP contribution >= 0.6 is 0 Å². The standard InChI is InChI=1S/C21H17N5O2/c1-27-18-10-6-5-9-15(18)12-26-20-16(11-22-26)23-19(25-20)17-13-28-21(24-17)14-7-3-2-4-8-14/h2-11,13H,12H2,1H3,(H,23,25). The molecular formula is C21H17N5O2. The Kier molecular flexibility index (Phi) is 3.90. The summed E-state index contributed by atoms with van der Waals surface area (Å²) in [6.45, 7) is 0.561. The topological polar surface area (TPSA) is 81.8 Å². The second-order valence-corrected chi connectivity index (χ2v) is 6.34. The van der Waals surface area contributed by atoms with Crippen molar-refractivity contribution < 1.29 is 9.15 Å². The molecule has 3 aromatic heterocycles. The van der Waals surface area contributed by atoms with E-state index in [0.717, 1.165) is 28.0 Å². The number of imidazole rings is 1. The molecule has 0 amide bonds. The number of rotatable bonds is 5. The fraction of sp³-hybridized carbons (Fsp3) is 0.0952. The molecule has 0 unspecified atom stereocenters. The number of oxazole rings is 1. The summed E-state index contributed by atoms with van der Waals surface area (Å²) in [6.07, 6.45) is 3.37. The summed E-state index contributed by atoms with van der Waals surface area (Å²) in [5.74, 6) is 2.03. The van der Waals surface area contributed by atoms with E-state index in [1.54, 1.807) is 19.6 Å². The number of hydrogen-bond acceptors (Lipinski definition) is 5. The predicted octanol–water partition coefficient (Wildman–Crippen LogP) is 4.14. The third kappa shape index (κ3) is 2.83. The number of fused-ring (bicyclic) bond motifs is 1. The van der Waals surface area contributed by atoms with Gasteiger partial charge in [0.05, 0.1) is 19.9 Å². The van der Waals surface area contributed by atoms with Gasteiger partial charge in [-0.05, 0) is 18.2 Å². The highest BCUT2D eigenvalue weighted by atomic mass is 16.5. The highest BCUT2D eigenvalue weighted by molar-refractivity contribution is 5.75. The van der Waals surface area contributed by atoms with Gasteiger partial charge in [-0.3, -0.25) is 0 Å². The zero-order chi connectivity index (χ0) is 18.9. The highest BCUT2D eigenvalue weighted by Crippen LogP contribution is 2.25. The molecule has 138 valence electrons. The fourth-order valence-corrected chi connectivity index (χ4v) is 3.17. The minimum Gasteiger partial charge on any atom is -0.496 e. The SMILES string of the molecule is COc1ccccc1Cn1ncc2[nH]c(-c3coc(-c4ccccc4)n3)nc21. The van der Waals surface area contributed by atoms with Crippen molar-refractivity contribution in [1.82, 2.24) is 24.7 Å². The summed E-state index contributed by atoms with van der Waals surface area (Å²) in [7, 11) is 1.67. The van der Waals surface area contributed by atoms with Crippen LogP contribution in [-0.4, -0.2) is 31.8 Å². The molecule has 7 heteroatoms. The first-order chi connectivity index (χ1) is 13.8. The second-order valence-electron chi connectivity index (χ2n) is 6.34. The van der Waals surface area contributed by atoms with Crippen LogP contribution in [0.15, 0.2) is 71.5 Å². The molecule has 0 aliphatic rings. The third-order valence-corrected chi connectivity index (χ3v) is 4.56. The molecule has 28 heavy (non-hydrogen) atoms. The maximum absolute atomic E-state index is 5.62. The molecule has 0 bridgehead atoms. The summed E-state index contributed by atoms with van der Waals surface area (Å²) in [5, 5.41) is 4.44. The van der Waals surface area contributed by atoms with Crippen molar-refractivity contribution in [2.24, 2.45) is 0 Å². The molecule has 7 nitrogen and oxygen atoms in total. The Labute approximate surface area is 160 Å². The fourth-order valence-electron chi connectivity index (χ4n) is 3.17. The number of hydrogen-bond donors (Lipinski definition) is 1. The summed E-state index contributed by atoms with van der Waals surface area (Å²) >= 11 is 0. The van der Waals surface area contributed by atoms with E-state index in [1.807, 2.05) is 59.3 Å². The number of ether oxygens (including phenoxy) is 1. The van der Waals surface area contributed by atoms with E-state index < -0.39 is 0 Å². The Balaban J connectivity index is 1.48. The Morgan fingerprint density at radius 3 is 2.71 bits per heavy atom.